The van der Waals surface area contributed by atoms with Crippen molar-refractivity contribution in [3.8, 4) is 0 Å². The first-order chi connectivity index (χ1) is 12.7. The van der Waals surface area contributed by atoms with Crippen molar-refractivity contribution in [2.75, 3.05) is 13.2 Å². The molecule has 1 aromatic carbocycles. The monoisotopic (exact) mass is 400 g/mol. The number of rotatable bonds is 11. The minimum Gasteiger partial charge on any atom is -0.756 e. The maximum atomic E-state index is 12.0. The lowest BCUT2D eigenvalue weighted by Crippen LogP contribution is -2.39. The van der Waals surface area contributed by atoms with Gasteiger partial charge >= 0.3 is 0 Å². The SMILES string of the molecule is CC(C)NC(CCOP(=O)([O-])OCc1ccccc1)CC1COC(C)(C)O1. The van der Waals surface area contributed by atoms with Crippen molar-refractivity contribution in [2.45, 2.75) is 71.1 Å². The van der Waals surface area contributed by atoms with Crippen LogP contribution in [0.15, 0.2) is 30.3 Å². The van der Waals surface area contributed by atoms with Gasteiger partial charge in [-0.3, -0.25) is 4.57 Å². The van der Waals surface area contributed by atoms with Crippen molar-refractivity contribution in [3.63, 3.8) is 0 Å². The Balaban J connectivity index is 1.77. The van der Waals surface area contributed by atoms with Crippen LogP contribution in [0.2, 0.25) is 0 Å². The van der Waals surface area contributed by atoms with E-state index >= 15 is 0 Å². The molecule has 0 aliphatic carbocycles. The minimum atomic E-state index is -4.34. The first-order valence-electron chi connectivity index (χ1n) is 9.37. The standard InChI is InChI=1S/C19H32NO6P/c1-15(2)20-17(12-18-14-23-19(3,4)26-18)10-11-24-27(21,22)25-13-16-8-6-5-7-9-16/h5-9,15,17-18,20H,10-14H2,1-4H3,(H,21,22)/p-1. The van der Waals surface area contributed by atoms with E-state index in [0.717, 1.165) is 12.0 Å². The first kappa shape index (κ1) is 22.5. The molecular formula is C19H31NO6P-. The second-order valence-electron chi connectivity index (χ2n) is 7.53. The second-order valence-corrected chi connectivity index (χ2v) is 8.94. The lowest BCUT2D eigenvalue weighted by molar-refractivity contribution is -0.226. The Morgan fingerprint density at radius 1 is 1.30 bits per heavy atom. The summed E-state index contributed by atoms with van der Waals surface area (Å²) >= 11 is 0. The molecule has 0 radical (unpaired) electrons. The van der Waals surface area contributed by atoms with Gasteiger partial charge in [0.1, 0.15) is 0 Å². The first-order valence-corrected chi connectivity index (χ1v) is 10.8. The summed E-state index contributed by atoms with van der Waals surface area (Å²) in [7, 11) is -4.34. The van der Waals surface area contributed by atoms with Crippen molar-refractivity contribution >= 4 is 7.82 Å². The smallest absolute Gasteiger partial charge is 0.268 e. The molecule has 0 saturated carbocycles. The molecule has 8 heteroatoms. The number of ether oxygens (including phenoxy) is 2. The van der Waals surface area contributed by atoms with Gasteiger partial charge in [-0.2, -0.15) is 0 Å². The van der Waals surface area contributed by atoms with E-state index in [1.165, 1.54) is 0 Å². The molecule has 0 spiro atoms. The highest BCUT2D eigenvalue weighted by atomic mass is 31.2. The predicted molar refractivity (Wildman–Crippen MR) is 101 cm³/mol. The fraction of sp³-hybridized carbons (Fsp3) is 0.684. The molecule has 0 bridgehead atoms. The summed E-state index contributed by atoms with van der Waals surface area (Å²) in [5.74, 6) is -0.570. The van der Waals surface area contributed by atoms with E-state index in [0.29, 0.717) is 13.0 Å². The molecule has 27 heavy (non-hydrogen) atoms. The van der Waals surface area contributed by atoms with Crippen molar-refractivity contribution in [3.05, 3.63) is 35.9 Å². The molecule has 1 heterocycles. The molecule has 1 aliphatic heterocycles. The number of hydrogen-bond acceptors (Lipinski definition) is 7. The lowest BCUT2D eigenvalue weighted by atomic mass is 10.1. The van der Waals surface area contributed by atoms with Crippen molar-refractivity contribution in [2.24, 2.45) is 0 Å². The molecular weight excluding hydrogens is 369 g/mol. The molecule has 0 aromatic heterocycles. The molecule has 1 aliphatic rings. The van der Waals surface area contributed by atoms with Gasteiger partial charge in [0, 0.05) is 12.1 Å². The molecule has 0 amide bonds. The molecule has 1 N–H and O–H groups in total. The van der Waals surface area contributed by atoms with E-state index in [4.69, 9.17) is 18.5 Å². The molecule has 2 rings (SSSR count). The molecule has 3 unspecified atom stereocenters. The van der Waals surface area contributed by atoms with Gasteiger partial charge in [0.15, 0.2) is 5.79 Å². The maximum absolute atomic E-state index is 12.0. The van der Waals surface area contributed by atoms with Crippen LogP contribution >= 0.6 is 7.82 Å². The van der Waals surface area contributed by atoms with Crippen LogP contribution in [0.25, 0.3) is 0 Å². The van der Waals surface area contributed by atoms with E-state index in [2.05, 4.69) is 5.32 Å². The lowest BCUT2D eigenvalue weighted by Gasteiger charge is -2.27. The third-order valence-electron chi connectivity index (χ3n) is 4.13. The average Bonchev–Trinajstić information content (AvgIpc) is 2.92. The second kappa shape index (κ2) is 10.1. The fourth-order valence-electron chi connectivity index (χ4n) is 3.01. The summed E-state index contributed by atoms with van der Waals surface area (Å²) in [6, 6.07) is 9.43. The minimum absolute atomic E-state index is 0.0235. The number of nitrogens with one attached hydrogen (secondary N) is 1. The Labute approximate surface area is 162 Å². The van der Waals surface area contributed by atoms with Crippen LogP contribution < -0.4 is 10.2 Å². The summed E-state index contributed by atoms with van der Waals surface area (Å²) < 4.78 is 33.4. The van der Waals surface area contributed by atoms with Gasteiger partial charge in [0.25, 0.3) is 7.82 Å². The quantitative estimate of drug-likeness (QED) is 0.571. The summed E-state index contributed by atoms with van der Waals surface area (Å²) in [6.07, 6.45) is 1.22. The number of hydrogen-bond donors (Lipinski definition) is 1. The predicted octanol–water partition coefficient (Wildman–Crippen LogP) is 2.99. The molecule has 3 atom stereocenters. The van der Waals surface area contributed by atoms with Crippen LogP contribution in [-0.2, 0) is 29.7 Å². The summed E-state index contributed by atoms with van der Waals surface area (Å²) in [5.41, 5.74) is 0.775. The Bertz CT molecular complexity index is 609. The molecule has 1 saturated heterocycles. The van der Waals surface area contributed by atoms with Gasteiger partial charge in [-0.1, -0.05) is 44.2 Å². The van der Waals surface area contributed by atoms with Gasteiger partial charge in [-0.25, -0.2) is 0 Å². The zero-order chi connectivity index (χ0) is 19.9. The van der Waals surface area contributed by atoms with Gasteiger partial charge in [-0.05, 0) is 32.3 Å². The maximum Gasteiger partial charge on any atom is 0.268 e. The summed E-state index contributed by atoms with van der Waals surface area (Å²) in [5, 5.41) is 3.43. The molecule has 7 nitrogen and oxygen atoms in total. The Hall–Kier alpha value is -0.790. The van der Waals surface area contributed by atoms with E-state index in [1.54, 1.807) is 12.1 Å². The van der Waals surface area contributed by atoms with Gasteiger partial charge in [0.2, 0.25) is 0 Å². The highest BCUT2D eigenvalue weighted by Gasteiger charge is 2.34. The Morgan fingerprint density at radius 3 is 2.59 bits per heavy atom. The summed E-state index contributed by atoms with van der Waals surface area (Å²) in [6.45, 7) is 8.42. The topological polar surface area (TPSA) is 89.1 Å². The zero-order valence-corrected chi connectivity index (χ0v) is 17.4. The Morgan fingerprint density at radius 2 is 2.00 bits per heavy atom. The Kier molecular flexibility index (Phi) is 8.43. The number of phosphoric acid groups is 1. The third-order valence-corrected chi connectivity index (χ3v) is 5.08. The fourth-order valence-corrected chi connectivity index (χ4v) is 3.72. The van der Waals surface area contributed by atoms with E-state index in [1.807, 2.05) is 45.9 Å². The third kappa shape index (κ3) is 8.83. The number of benzene rings is 1. The van der Waals surface area contributed by atoms with Gasteiger partial charge in [-0.15, -0.1) is 0 Å². The average molecular weight is 400 g/mol. The van der Waals surface area contributed by atoms with E-state index < -0.39 is 13.6 Å². The largest absolute Gasteiger partial charge is 0.756 e. The van der Waals surface area contributed by atoms with Crippen LogP contribution in [0.3, 0.4) is 0 Å². The van der Waals surface area contributed by atoms with E-state index in [9.17, 15) is 9.46 Å². The molecule has 154 valence electrons. The molecule has 1 aromatic rings. The van der Waals surface area contributed by atoms with Crippen molar-refractivity contribution in [1.29, 1.82) is 0 Å². The normalized spacial score (nSPS) is 22.7. The van der Waals surface area contributed by atoms with Crippen molar-refractivity contribution < 1.29 is 28.0 Å². The van der Waals surface area contributed by atoms with Crippen molar-refractivity contribution in [1.82, 2.24) is 5.32 Å². The molecule has 1 fully saturated rings. The van der Waals surface area contributed by atoms with Crippen LogP contribution in [-0.4, -0.2) is 37.2 Å². The van der Waals surface area contributed by atoms with Crippen LogP contribution in [0, 0.1) is 0 Å². The van der Waals surface area contributed by atoms with E-state index in [-0.39, 0.29) is 31.4 Å². The van der Waals surface area contributed by atoms with Gasteiger partial charge in [0.05, 0.1) is 25.9 Å². The van der Waals surface area contributed by atoms with Gasteiger partial charge < -0.3 is 28.7 Å². The zero-order valence-electron chi connectivity index (χ0n) is 16.6. The highest BCUT2D eigenvalue weighted by molar-refractivity contribution is 7.45. The van der Waals surface area contributed by atoms with Crippen LogP contribution in [0.4, 0.5) is 0 Å². The van der Waals surface area contributed by atoms with Crippen LogP contribution in [0.1, 0.15) is 46.1 Å². The highest BCUT2D eigenvalue weighted by Crippen LogP contribution is 2.39. The van der Waals surface area contributed by atoms with Crippen LogP contribution in [0.5, 0.6) is 0 Å². The number of phosphoric ester groups is 1. The summed E-state index contributed by atoms with van der Waals surface area (Å²) in [4.78, 5) is 12.0.